The summed E-state index contributed by atoms with van der Waals surface area (Å²) in [4.78, 5) is 0. The first-order chi connectivity index (χ1) is 11.9. The summed E-state index contributed by atoms with van der Waals surface area (Å²) < 4.78 is 32.1. The Labute approximate surface area is 150 Å². The van der Waals surface area contributed by atoms with Gasteiger partial charge in [0.1, 0.15) is 5.75 Å². The summed E-state index contributed by atoms with van der Waals surface area (Å²) in [5.74, 6) is 0.822. The highest BCUT2D eigenvalue weighted by molar-refractivity contribution is 7.88. The minimum atomic E-state index is -3.33. The highest BCUT2D eigenvalue weighted by Crippen LogP contribution is 2.14. The fourth-order valence-corrected chi connectivity index (χ4v) is 4.05. The Balaban J connectivity index is 1.98. The summed E-state index contributed by atoms with van der Waals surface area (Å²) in [5.41, 5.74) is 2.95. The molecule has 0 fully saturated rings. The molecule has 2 aromatic carbocycles. The van der Waals surface area contributed by atoms with Gasteiger partial charge in [-0.3, -0.25) is 0 Å². The molecule has 0 aliphatic rings. The van der Waals surface area contributed by atoms with E-state index in [0.29, 0.717) is 13.1 Å². The van der Waals surface area contributed by atoms with Gasteiger partial charge in [-0.25, -0.2) is 13.1 Å². The quantitative estimate of drug-likeness (QED) is 0.720. The number of sulfonamides is 1. The van der Waals surface area contributed by atoms with Gasteiger partial charge < -0.3 is 10.1 Å². The van der Waals surface area contributed by atoms with E-state index in [1.54, 1.807) is 7.11 Å². The molecule has 0 bridgehead atoms. The topological polar surface area (TPSA) is 67.4 Å². The van der Waals surface area contributed by atoms with Crippen LogP contribution in [0.2, 0.25) is 0 Å². The summed E-state index contributed by atoms with van der Waals surface area (Å²) in [6.07, 6.45) is 0. The first-order valence-electron chi connectivity index (χ1n) is 8.30. The summed E-state index contributed by atoms with van der Waals surface area (Å²) in [6.45, 7) is 4.95. The maximum Gasteiger partial charge on any atom is 0.216 e. The van der Waals surface area contributed by atoms with Crippen molar-refractivity contribution in [1.29, 1.82) is 0 Å². The first kappa shape index (κ1) is 19.4. The minimum Gasteiger partial charge on any atom is -0.497 e. The van der Waals surface area contributed by atoms with Crippen LogP contribution >= 0.6 is 0 Å². The van der Waals surface area contributed by atoms with Gasteiger partial charge in [0, 0.05) is 19.1 Å². The molecular formula is C19H26N2O3S. The molecule has 2 aromatic rings. The van der Waals surface area contributed by atoms with E-state index in [9.17, 15) is 8.42 Å². The zero-order valence-corrected chi connectivity index (χ0v) is 15.8. The SMILES string of the molecule is COc1ccc(CNCc2ccccc2CS(=O)(=O)NC(C)C)cc1. The molecule has 6 heteroatoms. The highest BCUT2D eigenvalue weighted by Gasteiger charge is 2.15. The number of hydrogen-bond acceptors (Lipinski definition) is 4. The van der Waals surface area contributed by atoms with Crippen LogP contribution in [0, 0.1) is 0 Å². The first-order valence-corrected chi connectivity index (χ1v) is 9.95. The predicted octanol–water partition coefficient (Wildman–Crippen LogP) is 2.81. The van der Waals surface area contributed by atoms with Gasteiger partial charge in [-0.05, 0) is 42.7 Å². The normalized spacial score (nSPS) is 11.7. The zero-order valence-electron chi connectivity index (χ0n) is 15.0. The third-order valence-corrected chi connectivity index (χ3v) is 5.20. The lowest BCUT2D eigenvalue weighted by molar-refractivity contribution is 0.414. The summed E-state index contributed by atoms with van der Waals surface area (Å²) in [6, 6.07) is 15.4. The Morgan fingerprint density at radius 2 is 1.60 bits per heavy atom. The molecule has 0 amide bonds. The lowest BCUT2D eigenvalue weighted by Crippen LogP contribution is -2.31. The number of nitrogens with one attached hydrogen (secondary N) is 2. The van der Waals surface area contributed by atoms with Crippen molar-refractivity contribution in [3.63, 3.8) is 0 Å². The Morgan fingerprint density at radius 1 is 0.960 bits per heavy atom. The van der Waals surface area contributed by atoms with E-state index < -0.39 is 10.0 Å². The maximum absolute atomic E-state index is 12.2. The number of methoxy groups -OCH3 is 1. The molecule has 5 nitrogen and oxygen atoms in total. The molecule has 0 aliphatic heterocycles. The lowest BCUT2D eigenvalue weighted by Gasteiger charge is -2.13. The molecule has 0 unspecified atom stereocenters. The van der Waals surface area contributed by atoms with Crippen LogP contribution in [0.4, 0.5) is 0 Å². The number of rotatable bonds is 9. The fourth-order valence-electron chi connectivity index (χ4n) is 2.56. The lowest BCUT2D eigenvalue weighted by atomic mass is 10.1. The molecule has 136 valence electrons. The third-order valence-electron chi connectivity index (χ3n) is 3.68. The predicted molar refractivity (Wildman–Crippen MR) is 101 cm³/mol. The molecule has 2 rings (SSSR count). The number of benzene rings is 2. The smallest absolute Gasteiger partial charge is 0.216 e. The summed E-state index contributed by atoms with van der Waals surface area (Å²) in [5, 5.41) is 3.37. The zero-order chi connectivity index (χ0) is 18.3. The molecule has 0 spiro atoms. The van der Waals surface area contributed by atoms with E-state index in [1.807, 2.05) is 62.4 Å². The largest absolute Gasteiger partial charge is 0.497 e. The molecule has 0 aromatic heterocycles. The maximum atomic E-state index is 12.2. The Kier molecular flexibility index (Phi) is 6.99. The molecule has 0 radical (unpaired) electrons. The van der Waals surface area contributed by atoms with E-state index in [0.717, 1.165) is 22.4 Å². The molecule has 25 heavy (non-hydrogen) atoms. The van der Waals surface area contributed by atoms with Crippen molar-refractivity contribution < 1.29 is 13.2 Å². The number of ether oxygens (including phenoxy) is 1. The molecule has 0 atom stereocenters. The summed E-state index contributed by atoms with van der Waals surface area (Å²) >= 11 is 0. The van der Waals surface area contributed by atoms with Crippen LogP contribution in [0.1, 0.15) is 30.5 Å². The van der Waals surface area contributed by atoms with Crippen LogP contribution in [0.25, 0.3) is 0 Å². The van der Waals surface area contributed by atoms with Crippen LogP contribution in [0.3, 0.4) is 0 Å². The fraction of sp³-hybridized carbons (Fsp3) is 0.368. The van der Waals surface area contributed by atoms with Crippen LogP contribution < -0.4 is 14.8 Å². The van der Waals surface area contributed by atoms with Crippen molar-refractivity contribution in [2.75, 3.05) is 7.11 Å². The van der Waals surface area contributed by atoms with E-state index in [-0.39, 0.29) is 11.8 Å². The average molecular weight is 362 g/mol. The second-order valence-electron chi connectivity index (χ2n) is 6.25. The van der Waals surface area contributed by atoms with Crippen molar-refractivity contribution in [3.8, 4) is 5.75 Å². The molecule has 0 heterocycles. The Bertz CT molecular complexity index is 772. The van der Waals surface area contributed by atoms with Gasteiger partial charge in [0.25, 0.3) is 0 Å². The van der Waals surface area contributed by atoms with Gasteiger partial charge >= 0.3 is 0 Å². The molecule has 0 aliphatic carbocycles. The van der Waals surface area contributed by atoms with E-state index in [2.05, 4.69) is 10.0 Å². The van der Waals surface area contributed by atoms with E-state index >= 15 is 0 Å². The molecule has 0 saturated heterocycles. The molecule has 2 N–H and O–H groups in total. The monoisotopic (exact) mass is 362 g/mol. The minimum absolute atomic E-state index is 0.00836. The van der Waals surface area contributed by atoms with Crippen molar-refractivity contribution >= 4 is 10.0 Å². The van der Waals surface area contributed by atoms with Gasteiger partial charge in [-0.15, -0.1) is 0 Å². The van der Waals surface area contributed by atoms with Crippen LogP contribution in [-0.2, 0) is 28.9 Å². The van der Waals surface area contributed by atoms with E-state index in [1.165, 1.54) is 0 Å². The van der Waals surface area contributed by atoms with Gasteiger partial charge in [0.05, 0.1) is 12.9 Å². The van der Waals surface area contributed by atoms with E-state index in [4.69, 9.17) is 4.74 Å². The van der Waals surface area contributed by atoms with Crippen molar-refractivity contribution in [3.05, 3.63) is 65.2 Å². The van der Waals surface area contributed by atoms with Gasteiger partial charge in [-0.1, -0.05) is 36.4 Å². The number of hydrogen-bond donors (Lipinski definition) is 2. The van der Waals surface area contributed by atoms with Crippen LogP contribution in [0.5, 0.6) is 5.75 Å². The van der Waals surface area contributed by atoms with Crippen LogP contribution in [0.15, 0.2) is 48.5 Å². The molecular weight excluding hydrogens is 336 g/mol. The van der Waals surface area contributed by atoms with Crippen molar-refractivity contribution in [1.82, 2.24) is 10.0 Å². The van der Waals surface area contributed by atoms with Gasteiger partial charge in [0.15, 0.2) is 0 Å². The third kappa shape index (κ3) is 6.49. The Morgan fingerprint density at radius 3 is 2.20 bits per heavy atom. The second-order valence-corrected chi connectivity index (χ2v) is 8.01. The van der Waals surface area contributed by atoms with Crippen molar-refractivity contribution in [2.45, 2.75) is 38.7 Å². The van der Waals surface area contributed by atoms with Gasteiger partial charge in [0.2, 0.25) is 10.0 Å². The van der Waals surface area contributed by atoms with Crippen LogP contribution in [-0.4, -0.2) is 21.6 Å². The average Bonchev–Trinajstić information content (AvgIpc) is 2.55. The molecule has 0 saturated carbocycles. The highest BCUT2D eigenvalue weighted by atomic mass is 32.2. The van der Waals surface area contributed by atoms with Crippen molar-refractivity contribution in [2.24, 2.45) is 0 Å². The Hall–Kier alpha value is -1.89. The summed E-state index contributed by atoms with van der Waals surface area (Å²) in [7, 11) is -1.69. The standard InChI is InChI=1S/C19H26N2O3S/c1-15(2)21-25(22,23)14-18-7-5-4-6-17(18)13-20-12-16-8-10-19(24-3)11-9-16/h4-11,15,20-21H,12-14H2,1-3H3. The van der Waals surface area contributed by atoms with Gasteiger partial charge in [-0.2, -0.15) is 0 Å². The second kappa shape index (κ2) is 8.99.